The lowest BCUT2D eigenvalue weighted by Crippen LogP contribution is -2.00. The van der Waals surface area contributed by atoms with E-state index in [1.165, 1.54) is 0 Å². The van der Waals surface area contributed by atoms with Crippen molar-refractivity contribution in [2.45, 2.75) is 6.42 Å². The molecule has 0 radical (unpaired) electrons. The maximum Gasteiger partial charge on any atom is 0.0447 e. The van der Waals surface area contributed by atoms with Crippen LogP contribution in [0.4, 0.5) is 0 Å². The highest BCUT2D eigenvalue weighted by Crippen LogP contribution is 2.10. The van der Waals surface area contributed by atoms with Crippen LogP contribution >= 0.6 is 0 Å². The van der Waals surface area contributed by atoms with Crippen LogP contribution in [0.15, 0.2) is 29.3 Å². The predicted octanol–water partition coefficient (Wildman–Crippen LogP) is 1.82. The maximum absolute atomic E-state index is 3.82. The molecule has 48 valence electrons. The second-order valence-corrected chi connectivity index (χ2v) is 2.22. The van der Waals surface area contributed by atoms with Crippen molar-refractivity contribution in [1.82, 2.24) is 0 Å². The van der Waals surface area contributed by atoms with Gasteiger partial charge < -0.3 is 4.99 Å². The maximum atomic E-state index is 3.82. The van der Waals surface area contributed by atoms with E-state index in [1.807, 2.05) is 0 Å². The Morgan fingerprint density at radius 3 is 3.00 bits per heavy atom. The summed E-state index contributed by atoms with van der Waals surface area (Å²) < 4.78 is 0. The van der Waals surface area contributed by atoms with E-state index in [0.29, 0.717) is 5.92 Å². The first-order chi connectivity index (χ1) is 4.43. The summed E-state index contributed by atoms with van der Waals surface area (Å²) in [6.07, 6.45) is 9.60. The Balaban J connectivity index is 2.36. The van der Waals surface area contributed by atoms with Crippen molar-refractivity contribution < 1.29 is 0 Å². The van der Waals surface area contributed by atoms with Crippen LogP contribution in [0.1, 0.15) is 6.42 Å². The van der Waals surface area contributed by atoms with E-state index < -0.39 is 0 Å². The van der Waals surface area contributed by atoms with Crippen LogP contribution in [0.25, 0.3) is 0 Å². The molecule has 1 nitrogen and oxygen atoms in total. The number of aliphatic imine (C=N–C) groups is 1. The highest BCUT2D eigenvalue weighted by atomic mass is 14.7. The molecule has 0 aromatic carbocycles. The molecule has 9 heavy (non-hydrogen) atoms. The summed E-state index contributed by atoms with van der Waals surface area (Å²) in [7, 11) is 0. The summed E-state index contributed by atoms with van der Waals surface area (Å²) in [6.45, 7) is 4.31. The summed E-state index contributed by atoms with van der Waals surface area (Å²) in [5, 5.41) is 0. The summed E-state index contributed by atoms with van der Waals surface area (Å²) in [5.74, 6) is 0.604. The Hall–Kier alpha value is -0.850. The highest BCUT2D eigenvalue weighted by molar-refractivity contribution is 5.23. The molecule has 0 fully saturated rings. The summed E-state index contributed by atoms with van der Waals surface area (Å²) in [6, 6.07) is 0. The molecule has 0 spiro atoms. The molecule has 0 aliphatic heterocycles. The summed E-state index contributed by atoms with van der Waals surface area (Å²) in [5.41, 5.74) is 0. The van der Waals surface area contributed by atoms with Crippen molar-refractivity contribution in [3.63, 3.8) is 0 Å². The van der Waals surface area contributed by atoms with Gasteiger partial charge in [-0.1, -0.05) is 24.3 Å². The Labute approximate surface area is 55.8 Å². The largest absolute Gasteiger partial charge is 0.300 e. The molecular weight excluding hydrogens is 110 g/mol. The van der Waals surface area contributed by atoms with Gasteiger partial charge in [0.25, 0.3) is 0 Å². The van der Waals surface area contributed by atoms with E-state index in [4.69, 9.17) is 0 Å². The molecule has 0 bridgehead atoms. The molecule has 0 amide bonds. The molecule has 0 aromatic rings. The molecule has 1 heteroatoms. The lowest BCUT2D eigenvalue weighted by atomic mass is 10.0. The summed E-state index contributed by atoms with van der Waals surface area (Å²) in [4.78, 5) is 3.82. The average Bonchev–Trinajstić information content (AvgIpc) is 1.91. The second kappa shape index (κ2) is 3.23. The zero-order chi connectivity index (χ0) is 6.53. The zero-order valence-corrected chi connectivity index (χ0v) is 5.46. The Morgan fingerprint density at radius 2 is 2.44 bits per heavy atom. The fourth-order valence-electron chi connectivity index (χ4n) is 0.933. The predicted molar refractivity (Wildman–Crippen MR) is 40.8 cm³/mol. The van der Waals surface area contributed by atoms with E-state index in [0.717, 1.165) is 13.0 Å². The van der Waals surface area contributed by atoms with Crippen molar-refractivity contribution in [2.75, 3.05) is 6.54 Å². The van der Waals surface area contributed by atoms with Gasteiger partial charge in [-0.05, 0) is 13.1 Å². The van der Waals surface area contributed by atoms with Crippen LogP contribution in [-0.4, -0.2) is 13.3 Å². The van der Waals surface area contributed by atoms with Crippen molar-refractivity contribution >= 4 is 6.72 Å². The molecular formula is C8H11N. The van der Waals surface area contributed by atoms with Crippen LogP contribution in [0.5, 0.6) is 0 Å². The number of allylic oxidation sites excluding steroid dienone is 3. The van der Waals surface area contributed by atoms with Gasteiger partial charge in [0.1, 0.15) is 0 Å². The molecule has 1 aliphatic carbocycles. The molecule has 1 rings (SSSR count). The van der Waals surface area contributed by atoms with Gasteiger partial charge in [0.05, 0.1) is 0 Å². The Bertz CT molecular complexity index is 143. The first-order valence-electron chi connectivity index (χ1n) is 3.19. The van der Waals surface area contributed by atoms with Gasteiger partial charge in [0.2, 0.25) is 0 Å². The molecule has 1 aliphatic rings. The third kappa shape index (κ3) is 1.84. The van der Waals surface area contributed by atoms with Crippen LogP contribution in [0.3, 0.4) is 0 Å². The standard InChI is InChI=1S/C8H11N/c1-9-7-8-5-3-2-4-6-8/h2-5,8H,1,6-7H2. The normalized spacial score (nSPS) is 24.2. The van der Waals surface area contributed by atoms with E-state index in [1.54, 1.807) is 0 Å². The van der Waals surface area contributed by atoms with Crippen molar-refractivity contribution in [1.29, 1.82) is 0 Å². The Kier molecular flexibility index (Phi) is 2.25. The quantitative estimate of drug-likeness (QED) is 0.494. The van der Waals surface area contributed by atoms with Crippen LogP contribution in [0.2, 0.25) is 0 Å². The van der Waals surface area contributed by atoms with Gasteiger partial charge >= 0.3 is 0 Å². The van der Waals surface area contributed by atoms with Gasteiger partial charge in [-0.15, -0.1) is 0 Å². The third-order valence-corrected chi connectivity index (χ3v) is 1.43. The smallest absolute Gasteiger partial charge is 0.0447 e. The molecule has 1 atom stereocenters. The van der Waals surface area contributed by atoms with Crippen LogP contribution in [0, 0.1) is 5.92 Å². The average molecular weight is 121 g/mol. The topological polar surface area (TPSA) is 12.4 Å². The Morgan fingerprint density at radius 1 is 1.56 bits per heavy atom. The minimum absolute atomic E-state index is 0.604. The van der Waals surface area contributed by atoms with Crippen LogP contribution < -0.4 is 0 Å². The fourth-order valence-corrected chi connectivity index (χ4v) is 0.933. The van der Waals surface area contributed by atoms with E-state index in [9.17, 15) is 0 Å². The van der Waals surface area contributed by atoms with Crippen molar-refractivity contribution in [2.24, 2.45) is 10.9 Å². The minimum Gasteiger partial charge on any atom is -0.300 e. The van der Waals surface area contributed by atoms with Crippen LogP contribution in [-0.2, 0) is 0 Å². The molecule has 0 aromatic heterocycles. The number of hydrogen-bond acceptors (Lipinski definition) is 1. The van der Waals surface area contributed by atoms with Gasteiger partial charge in [0.15, 0.2) is 0 Å². The first kappa shape index (κ1) is 6.27. The van der Waals surface area contributed by atoms with E-state index in [-0.39, 0.29) is 0 Å². The summed E-state index contributed by atoms with van der Waals surface area (Å²) >= 11 is 0. The highest BCUT2D eigenvalue weighted by Gasteiger charge is 2.01. The molecule has 0 N–H and O–H groups in total. The number of hydrogen-bond donors (Lipinski definition) is 0. The van der Waals surface area contributed by atoms with Crippen molar-refractivity contribution in [3.05, 3.63) is 24.3 Å². The SMILES string of the molecule is C=NCC1C=CC=CC1. The monoisotopic (exact) mass is 121 g/mol. The zero-order valence-electron chi connectivity index (χ0n) is 5.46. The van der Waals surface area contributed by atoms with Gasteiger partial charge in [-0.3, -0.25) is 0 Å². The van der Waals surface area contributed by atoms with E-state index >= 15 is 0 Å². The van der Waals surface area contributed by atoms with Gasteiger partial charge in [-0.25, -0.2) is 0 Å². The van der Waals surface area contributed by atoms with Gasteiger partial charge in [-0.2, -0.15) is 0 Å². The lowest BCUT2D eigenvalue weighted by Gasteiger charge is -2.07. The third-order valence-electron chi connectivity index (χ3n) is 1.43. The number of nitrogens with zero attached hydrogens (tertiary/aromatic N) is 1. The second-order valence-electron chi connectivity index (χ2n) is 2.22. The number of rotatable bonds is 2. The molecule has 0 saturated heterocycles. The van der Waals surface area contributed by atoms with E-state index in [2.05, 4.69) is 36.0 Å². The minimum atomic E-state index is 0.604. The molecule has 0 saturated carbocycles. The first-order valence-corrected chi connectivity index (χ1v) is 3.19. The molecule has 0 heterocycles. The van der Waals surface area contributed by atoms with Crippen molar-refractivity contribution in [3.8, 4) is 0 Å². The van der Waals surface area contributed by atoms with Gasteiger partial charge in [0, 0.05) is 12.5 Å². The lowest BCUT2D eigenvalue weighted by molar-refractivity contribution is 0.673. The fraction of sp³-hybridized carbons (Fsp3) is 0.375. The molecule has 1 unspecified atom stereocenters.